The summed E-state index contributed by atoms with van der Waals surface area (Å²) in [4.78, 5) is 4.50. The zero-order chi connectivity index (χ0) is 13.9. The molecule has 1 fully saturated rings. The molecule has 0 radical (unpaired) electrons. The van der Waals surface area contributed by atoms with Crippen molar-refractivity contribution in [2.45, 2.75) is 25.8 Å². The maximum absolute atomic E-state index is 11.3. The Morgan fingerprint density at radius 2 is 1.95 bits per heavy atom. The second-order valence-corrected chi connectivity index (χ2v) is 7.85. The molecule has 1 N–H and O–H groups in total. The van der Waals surface area contributed by atoms with Gasteiger partial charge in [-0.15, -0.1) is 11.3 Å². The third kappa shape index (κ3) is 3.27. The van der Waals surface area contributed by atoms with Crippen molar-refractivity contribution in [2.24, 2.45) is 0 Å². The zero-order valence-electron chi connectivity index (χ0n) is 11.5. The first-order chi connectivity index (χ1) is 9.70. The second-order valence-electron chi connectivity index (χ2n) is 5.10. The number of hydrogen-bond donors (Lipinski definition) is 1. The van der Waals surface area contributed by atoms with Gasteiger partial charge in [0, 0.05) is 45.0 Å². The third-order valence-corrected chi connectivity index (χ3v) is 5.71. The van der Waals surface area contributed by atoms with E-state index >= 15 is 0 Å². The predicted molar refractivity (Wildman–Crippen MR) is 86.8 cm³/mol. The molecule has 0 amide bonds. The molecule has 1 aromatic carbocycles. The number of nitrogens with zero attached hydrogens (tertiary/aromatic N) is 1. The van der Waals surface area contributed by atoms with Gasteiger partial charge in [0.1, 0.15) is 0 Å². The van der Waals surface area contributed by atoms with Crippen LogP contribution in [0.4, 0.5) is 5.69 Å². The molecule has 3 nitrogen and oxygen atoms in total. The maximum atomic E-state index is 11.3. The van der Waals surface area contributed by atoms with Crippen LogP contribution in [-0.2, 0) is 10.8 Å². The smallest absolute Gasteiger partial charge is 0.0901 e. The van der Waals surface area contributed by atoms with Crippen LogP contribution in [0.1, 0.15) is 17.8 Å². The van der Waals surface area contributed by atoms with Gasteiger partial charge in [-0.2, -0.15) is 0 Å². The lowest BCUT2D eigenvalue weighted by Gasteiger charge is -2.23. The van der Waals surface area contributed by atoms with Crippen LogP contribution in [0.15, 0.2) is 29.6 Å². The van der Waals surface area contributed by atoms with Crippen LogP contribution in [0.2, 0.25) is 0 Å². The molecule has 0 saturated carbocycles. The molecule has 1 aliphatic heterocycles. The molecule has 106 valence electrons. The van der Waals surface area contributed by atoms with E-state index in [0.717, 1.165) is 46.3 Å². The number of hydrogen-bond acceptors (Lipinski definition) is 4. The number of rotatable bonds is 3. The van der Waals surface area contributed by atoms with Crippen LogP contribution in [0.5, 0.6) is 0 Å². The van der Waals surface area contributed by atoms with E-state index in [9.17, 15) is 4.21 Å². The van der Waals surface area contributed by atoms with E-state index in [1.54, 1.807) is 11.3 Å². The molecular weight excluding hydrogens is 288 g/mol. The van der Waals surface area contributed by atoms with Gasteiger partial charge in [0.2, 0.25) is 0 Å². The SMILES string of the molecule is Cc1nc(-c2ccc(NC3CCS(=O)CC3)cc2)cs1. The van der Waals surface area contributed by atoms with Crippen molar-refractivity contribution in [1.29, 1.82) is 0 Å². The summed E-state index contributed by atoms with van der Waals surface area (Å²) in [5.41, 5.74) is 3.34. The summed E-state index contributed by atoms with van der Waals surface area (Å²) in [7, 11) is -0.592. The molecule has 5 heteroatoms. The van der Waals surface area contributed by atoms with Crippen LogP contribution < -0.4 is 5.32 Å². The van der Waals surface area contributed by atoms with Gasteiger partial charge in [-0.05, 0) is 31.9 Å². The first kappa shape index (κ1) is 13.8. The maximum Gasteiger partial charge on any atom is 0.0901 e. The van der Waals surface area contributed by atoms with Crippen molar-refractivity contribution < 1.29 is 4.21 Å². The van der Waals surface area contributed by atoms with E-state index < -0.39 is 10.8 Å². The van der Waals surface area contributed by atoms with Gasteiger partial charge in [0.25, 0.3) is 0 Å². The Kier molecular flexibility index (Phi) is 4.17. The second kappa shape index (κ2) is 6.06. The van der Waals surface area contributed by atoms with Crippen LogP contribution >= 0.6 is 11.3 Å². The highest BCUT2D eigenvalue weighted by molar-refractivity contribution is 7.85. The Hall–Kier alpha value is -1.20. The lowest BCUT2D eigenvalue weighted by molar-refractivity contribution is 0.624. The minimum absolute atomic E-state index is 0.458. The minimum Gasteiger partial charge on any atom is -0.382 e. The first-order valence-electron chi connectivity index (χ1n) is 6.85. The lowest BCUT2D eigenvalue weighted by Crippen LogP contribution is -2.29. The first-order valence-corrected chi connectivity index (χ1v) is 9.21. The molecular formula is C15H18N2OS2. The number of thiazole rings is 1. The number of aryl methyl sites for hydroxylation is 1. The van der Waals surface area contributed by atoms with E-state index in [4.69, 9.17) is 0 Å². The molecule has 3 rings (SSSR count). The van der Waals surface area contributed by atoms with Gasteiger partial charge >= 0.3 is 0 Å². The van der Waals surface area contributed by atoms with Crippen molar-refractivity contribution in [3.05, 3.63) is 34.7 Å². The quantitative estimate of drug-likeness (QED) is 0.944. The van der Waals surface area contributed by atoms with Gasteiger partial charge in [-0.25, -0.2) is 4.98 Å². The van der Waals surface area contributed by atoms with Crippen LogP contribution in [-0.4, -0.2) is 26.7 Å². The molecule has 2 aromatic rings. The fourth-order valence-corrected chi connectivity index (χ4v) is 4.33. The molecule has 2 heterocycles. The predicted octanol–water partition coefficient (Wildman–Crippen LogP) is 3.44. The normalized spacial score (nSPS) is 22.6. The molecule has 0 unspecified atom stereocenters. The highest BCUT2D eigenvalue weighted by Gasteiger charge is 2.17. The summed E-state index contributed by atoms with van der Waals surface area (Å²) in [6.07, 6.45) is 2.00. The van der Waals surface area contributed by atoms with Crippen LogP contribution in [0, 0.1) is 6.92 Å². The van der Waals surface area contributed by atoms with Crippen LogP contribution in [0.25, 0.3) is 11.3 Å². The largest absolute Gasteiger partial charge is 0.382 e. The van der Waals surface area contributed by atoms with E-state index in [-0.39, 0.29) is 0 Å². The van der Waals surface area contributed by atoms with Crippen molar-refractivity contribution in [1.82, 2.24) is 4.98 Å². The Bertz CT molecular complexity index is 597. The van der Waals surface area contributed by atoms with E-state index in [1.165, 1.54) is 0 Å². The summed E-state index contributed by atoms with van der Waals surface area (Å²) in [5, 5.41) is 6.72. The molecule has 1 saturated heterocycles. The highest BCUT2D eigenvalue weighted by atomic mass is 32.2. The summed E-state index contributed by atoms with van der Waals surface area (Å²) in [6.45, 7) is 2.02. The number of benzene rings is 1. The van der Waals surface area contributed by atoms with Crippen LogP contribution in [0.3, 0.4) is 0 Å². The number of anilines is 1. The van der Waals surface area contributed by atoms with Gasteiger partial charge in [-0.3, -0.25) is 4.21 Å². The van der Waals surface area contributed by atoms with Crippen molar-refractivity contribution in [2.75, 3.05) is 16.8 Å². The molecule has 0 atom stereocenters. The zero-order valence-corrected chi connectivity index (χ0v) is 13.1. The molecule has 0 spiro atoms. The Morgan fingerprint density at radius 3 is 2.55 bits per heavy atom. The lowest BCUT2D eigenvalue weighted by atomic mass is 10.1. The summed E-state index contributed by atoms with van der Waals surface area (Å²) in [5.74, 6) is 1.65. The Morgan fingerprint density at radius 1 is 1.25 bits per heavy atom. The Labute approximate surface area is 125 Å². The monoisotopic (exact) mass is 306 g/mol. The molecule has 1 aliphatic rings. The van der Waals surface area contributed by atoms with Gasteiger partial charge in [0.05, 0.1) is 10.7 Å². The summed E-state index contributed by atoms with van der Waals surface area (Å²) >= 11 is 1.68. The fraction of sp³-hybridized carbons (Fsp3) is 0.400. The molecule has 0 bridgehead atoms. The number of nitrogens with one attached hydrogen (secondary N) is 1. The minimum atomic E-state index is -0.592. The van der Waals surface area contributed by atoms with Crippen molar-refractivity contribution >= 4 is 27.8 Å². The van der Waals surface area contributed by atoms with Gasteiger partial charge in [-0.1, -0.05) is 12.1 Å². The van der Waals surface area contributed by atoms with Gasteiger partial charge < -0.3 is 5.32 Å². The third-order valence-electron chi connectivity index (χ3n) is 3.56. The fourth-order valence-electron chi connectivity index (χ4n) is 2.41. The average Bonchev–Trinajstić information content (AvgIpc) is 2.89. The molecule has 1 aromatic heterocycles. The van der Waals surface area contributed by atoms with Crippen molar-refractivity contribution in [3.63, 3.8) is 0 Å². The standard InChI is InChI=1S/C15H18N2OS2/c1-11-16-15(10-19-11)12-2-4-13(5-3-12)17-14-6-8-20(18)9-7-14/h2-5,10,14,17H,6-9H2,1H3. The summed E-state index contributed by atoms with van der Waals surface area (Å²) < 4.78 is 11.3. The van der Waals surface area contributed by atoms with E-state index in [1.807, 2.05) is 6.92 Å². The summed E-state index contributed by atoms with van der Waals surface area (Å²) in [6, 6.07) is 8.89. The average molecular weight is 306 g/mol. The Balaban J connectivity index is 1.65. The highest BCUT2D eigenvalue weighted by Crippen LogP contribution is 2.24. The van der Waals surface area contributed by atoms with E-state index in [2.05, 4.69) is 39.9 Å². The molecule has 20 heavy (non-hydrogen) atoms. The van der Waals surface area contributed by atoms with Crippen molar-refractivity contribution in [3.8, 4) is 11.3 Å². The topological polar surface area (TPSA) is 42.0 Å². The number of aromatic nitrogens is 1. The van der Waals surface area contributed by atoms with Gasteiger partial charge in [0.15, 0.2) is 0 Å². The van der Waals surface area contributed by atoms with E-state index in [0.29, 0.717) is 6.04 Å². The molecule has 0 aliphatic carbocycles.